The molecule has 22 heavy (non-hydrogen) atoms. The standard InChI is InChI=1S/C17H19N5/c1-12-6-5-9-14(19-12)16-20-15-10-18-22(17(15)21-16)11-13-7-3-2-4-8-13/h2-3,5-6,9-10,13H,4,7-8,11H2,1H3,(H,20,21). The van der Waals surface area contributed by atoms with Crippen LogP contribution in [0, 0.1) is 12.8 Å². The van der Waals surface area contributed by atoms with Gasteiger partial charge in [-0.1, -0.05) is 18.2 Å². The molecule has 0 fully saturated rings. The van der Waals surface area contributed by atoms with Gasteiger partial charge in [0.2, 0.25) is 0 Å². The van der Waals surface area contributed by atoms with Gasteiger partial charge in [-0.3, -0.25) is 0 Å². The maximum Gasteiger partial charge on any atom is 0.176 e. The summed E-state index contributed by atoms with van der Waals surface area (Å²) < 4.78 is 2.02. The van der Waals surface area contributed by atoms with Crippen LogP contribution in [0.1, 0.15) is 25.0 Å². The Balaban J connectivity index is 1.65. The largest absolute Gasteiger partial charge is 0.334 e. The SMILES string of the molecule is Cc1cccc(-c2nc3c(cnn3CC3CC=CCC3)[nH]2)n1. The molecule has 0 aliphatic heterocycles. The van der Waals surface area contributed by atoms with Crippen LogP contribution in [0.25, 0.3) is 22.7 Å². The number of allylic oxidation sites excluding steroid dienone is 2. The third-order valence-corrected chi connectivity index (χ3v) is 4.22. The monoisotopic (exact) mass is 293 g/mol. The Hall–Kier alpha value is -2.43. The fourth-order valence-electron chi connectivity index (χ4n) is 3.04. The van der Waals surface area contributed by atoms with Gasteiger partial charge in [-0.15, -0.1) is 0 Å². The van der Waals surface area contributed by atoms with Crippen LogP contribution in [-0.2, 0) is 6.54 Å². The van der Waals surface area contributed by atoms with Crippen LogP contribution < -0.4 is 0 Å². The Bertz CT molecular complexity index is 827. The summed E-state index contributed by atoms with van der Waals surface area (Å²) in [6.07, 6.45) is 9.95. The Morgan fingerprint density at radius 3 is 3.05 bits per heavy atom. The van der Waals surface area contributed by atoms with Gasteiger partial charge in [0.1, 0.15) is 11.2 Å². The lowest BCUT2D eigenvalue weighted by atomic mass is 9.94. The van der Waals surface area contributed by atoms with E-state index in [2.05, 4.69) is 27.2 Å². The highest BCUT2D eigenvalue weighted by atomic mass is 15.3. The number of aromatic nitrogens is 5. The van der Waals surface area contributed by atoms with Crippen molar-refractivity contribution in [3.63, 3.8) is 0 Å². The van der Waals surface area contributed by atoms with Crippen LogP contribution in [-0.4, -0.2) is 24.7 Å². The third kappa shape index (κ3) is 2.43. The molecule has 5 heteroatoms. The average Bonchev–Trinajstić information content (AvgIpc) is 3.11. The molecule has 0 radical (unpaired) electrons. The lowest BCUT2D eigenvalue weighted by molar-refractivity contribution is 0.395. The molecule has 0 bridgehead atoms. The minimum Gasteiger partial charge on any atom is -0.334 e. The summed E-state index contributed by atoms with van der Waals surface area (Å²) in [6.45, 7) is 2.92. The van der Waals surface area contributed by atoms with Crippen molar-refractivity contribution in [3.8, 4) is 11.5 Å². The predicted octanol–water partition coefficient (Wildman–Crippen LogP) is 3.49. The number of nitrogens with one attached hydrogen (secondary N) is 1. The van der Waals surface area contributed by atoms with Gasteiger partial charge in [0.15, 0.2) is 11.5 Å². The topological polar surface area (TPSA) is 59.4 Å². The van der Waals surface area contributed by atoms with Gasteiger partial charge in [-0.05, 0) is 44.2 Å². The minimum atomic E-state index is 0.658. The van der Waals surface area contributed by atoms with Crippen molar-refractivity contribution in [2.75, 3.05) is 0 Å². The van der Waals surface area contributed by atoms with Gasteiger partial charge >= 0.3 is 0 Å². The van der Waals surface area contributed by atoms with Crippen molar-refractivity contribution in [2.45, 2.75) is 32.7 Å². The zero-order valence-electron chi connectivity index (χ0n) is 12.7. The highest BCUT2D eigenvalue weighted by molar-refractivity contribution is 5.75. The molecule has 5 nitrogen and oxygen atoms in total. The first-order valence-corrected chi connectivity index (χ1v) is 7.80. The molecule has 0 aromatic carbocycles. The Morgan fingerprint density at radius 2 is 2.23 bits per heavy atom. The summed E-state index contributed by atoms with van der Waals surface area (Å²) in [5.74, 6) is 1.47. The average molecular weight is 293 g/mol. The number of nitrogens with zero attached hydrogens (tertiary/aromatic N) is 4. The van der Waals surface area contributed by atoms with E-state index in [0.29, 0.717) is 5.92 Å². The number of rotatable bonds is 3. The molecular weight excluding hydrogens is 274 g/mol. The van der Waals surface area contributed by atoms with E-state index in [1.54, 1.807) is 0 Å². The predicted molar refractivity (Wildman–Crippen MR) is 86.3 cm³/mol. The fourth-order valence-corrected chi connectivity index (χ4v) is 3.04. The van der Waals surface area contributed by atoms with Gasteiger partial charge in [-0.25, -0.2) is 14.6 Å². The van der Waals surface area contributed by atoms with E-state index in [4.69, 9.17) is 4.98 Å². The molecule has 1 N–H and O–H groups in total. The van der Waals surface area contributed by atoms with Crippen molar-refractivity contribution >= 4 is 11.2 Å². The van der Waals surface area contributed by atoms with E-state index < -0.39 is 0 Å². The molecule has 3 heterocycles. The second-order valence-corrected chi connectivity index (χ2v) is 5.96. The third-order valence-electron chi connectivity index (χ3n) is 4.22. The number of hydrogen-bond donors (Lipinski definition) is 1. The van der Waals surface area contributed by atoms with Crippen molar-refractivity contribution in [1.82, 2.24) is 24.7 Å². The maximum atomic E-state index is 4.71. The molecule has 0 saturated heterocycles. The fraction of sp³-hybridized carbons (Fsp3) is 0.353. The molecule has 4 rings (SSSR count). The summed E-state index contributed by atoms with van der Waals surface area (Å²) in [5, 5.41) is 4.48. The first-order chi connectivity index (χ1) is 10.8. The highest BCUT2D eigenvalue weighted by Crippen LogP contribution is 2.23. The summed E-state index contributed by atoms with van der Waals surface area (Å²) in [7, 11) is 0. The van der Waals surface area contributed by atoms with E-state index in [1.807, 2.05) is 36.0 Å². The smallest absolute Gasteiger partial charge is 0.176 e. The molecule has 0 spiro atoms. The van der Waals surface area contributed by atoms with Gasteiger partial charge < -0.3 is 4.98 Å². The first kappa shape index (κ1) is 13.2. The lowest BCUT2D eigenvalue weighted by Gasteiger charge is -2.17. The van der Waals surface area contributed by atoms with Crippen LogP contribution in [0.2, 0.25) is 0 Å². The number of imidazole rings is 1. The summed E-state index contributed by atoms with van der Waals surface area (Å²) in [5.41, 5.74) is 3.77. The summed E-state index contributed by atoms with van der Waals surface area (Å²) >= 11 is 0. The Labute approximate surface area is 129 Å². The molecular formula is C17H19N5. The first-order valence-electron chi connectivity index (χ1n) is 7.80. The molecule has 112 valence electrons. The van der Waals surface area contributed by atoms with E-state index >= 15 is 0 Å². The van der Waals surface area contributed by atoms with Crippen molar-refractivity contribution in [3.05, 3.63) is 42.2 Å². The van der Waals surface area contributed by atoms with Crippen LogP contribution in [0.15, 0.2) is 36.5 Å². The van der Waals surface area contributed by atoms with Gasteiger partial charge in [-0.2, -0.15) is 5.10 Å². The van der Waals surface area contributed by atoms with E-state index in [9.17, 15) is 0 Å². The van der Waals surface area contributed by atoms with E-state index in [-0.39, 0.29) is 0 Å². The molecule has 1 unspecified atom stereocenters. The number of aromatic amines is 1. The number of pyridine rings is 1. The normalized spacial score (nSPS) is 18.1. The van der Waals surface area contributed by atoms with Crippen LogP contribution >= 0.6 is 0 Å². The quantitative estimate of drug-likeness (QED) is 0.752. The molecule has 1 atom stereocenters. The van der Waals surface area contributed by atoms with Crippen LogP contribution in [0.5, 0.6) is 0 Å². The van der Waals surface area contributed by atoms with E-state index in [1.165, 1.54) is 12.8 Å². The van der Waals surface area contributed by atoms with Crippen LogP contribution in [0.3, 0.4) is 0 Å². The Morgan fingerprint density at radius 1 is 1.27 bits per heavy atom. The maximum absolute atomic E-state index is 4.71. The molecule has 1 aliphatic rings. The number of aryl methyl sites for hydroxylation is 1. The molecule has 0 amide bonds. The van der Waals surface area contributed by atoms with Gasteiger partial charge in [0.25, 0.3) is 0 Å². The lowest BCUT2D eigenvalue weighted by Crippen LogP contribution is -2.13. The number of H-pyrrole nitrogens is 1. The van der Waals surface area contributed by atoms with E-state index in [0.717, 1.165) is 41.3 Å². The zero-order valence-corrected chi connectivity index (χ0v) is 12.7. The minimum absolute atomic E-state index is 0.658. The number of fused-ring (bicyclic) bond motifs is 1. The molecule has 3 aromatic rings. The second kappa shape index (κ2) is 5.40. The Kier molecular flexibility index (Phi) is 3.25. The second-order valence-electron chi connectivity index (χ2n) is 5.96. The molecule has 0 saturated carbocycles. The number of hydrogen-bond acceptors (Lipinski definition) is 3. The van der Waals surface area contributed by atoms with Crippen molar-refractivity contribution in [1.29, 1.82) is 0 Å². The van der Waals surface area contributed by atoms with Crippen molar-refractivity contribution < 1.29 is 0 Å². The summed E-state index contributed by atoms with van der Waals surface area (Å²) in [4.78, 5) is 12.6. The highest BCUT2D eigenvalue weighted by Gasteiger charge is 2.16. The molecule has 3 aromatic heterocycles. The van der Waals surface area contributed by atoms with Gasteiger partial charge in [0.05, 0.1) is 6.20 Å². The van der Waals surface area contributed by atoms with Gasteiger partial charge in [0, 0.05) is 12.2 Å². The van der Waals surface area contributed by atoms with Crippen LogP contribution in [0.4, 0.5) is 0 Å². The molecule has 1 aliphatic carbocycles. The van der Waals surface area contributed by atoms with Crippen molar-refractivity contribution in [2.24, 2.45) is 5.92 Å². The summed E-state index contributed by atoms with van der Waals surface area (Å²) in [6, 6.07) is 5.98. The zero-order chi connectivity index (χ0) is 14.9.